The fraction of sp³-hybridized carbons (Fsp3) is 0.550. The summed E-state index contributed by atoms with van der Waals surface area (Å²) in [5.41, 5.74) is 2.18. The van der Waals surface area contributed by atoms with Gasteiger partial charge < -0.3 is 14.5 Å². The number of piperidine rings is 1. The van der Waals surface area contributed by atoms with Gasteiger partial charge in [-0.25, -0.2) is 14.6 Å². The van der Waals surface area contributed by atoms with Crippen molar-refractivity contribution < 1.29 is 14.3 Å². The molecule has 5 heterocycles. The molecular weight excluding hydrogens is 414 g/mol. The number of tetrazole rings is 1. The molecule has 0 aliphatic carbocycles. The molecule has 32 heavy (non-hydrogen) atoms. The van der Waals surface area contributed by atoms with Crippen molar-refractivity contribution in [2.75, 3.05) is 39.3 Å². The van der Waals surface area contributed by atoms with E-state index >= 15 is 0 Å². The van der Waals surface area contributed by atoms with Gasteiger partial charge in [-0.1, -0.05) is 0 Å². The molecule has 0 aromatic carbocycles. The summed E-state index contributed by atoms with van der Waals surface area (Å²) in [6.45, 7) is 6.00. The Kier molecular flexibility index (Phi) is 5.52. The van der Waals surface area contributed by atoms with E-state index in [1.54, 1.807) is 24.2 Å². The lowest BCUT2D eigenvalue weighted by Crippen LogP contribution is -2.46. The molecule has 0 saturated carbocycles. The van der Waals surface area contributed by atoms with Gasteiger partial charge in [0, 0.05) is 45.2 Å². The summed E-state index contributed by atoms with van der Waals surface area (Å²) in [6.07, 6.45) is 7.61. The van der Waals surface area contributed by atoms with E-state index in [0.717, 1.165) is 44.6 Å². The van der Waals surface area contributed by atoms with Gasteiger partial charge in [0.05, 0.1) is 29.4 Å². The highest BCUT2D eigenvalue weighted by atomic mass is 16.5. The number of urea groups is 1. The quantitative estimate of drug-likeness (QED) is 0.574. The predicted molar refractivity (Wildman–Crippen MR) is 110 cm³/mol. The second kappa shape index (κ2) is 8.61. The van der Waals surface area contributed by atoms with Gasteiger partial charge in [-0.3, -0.25) is 9.88 Å². The number of nitrogens with zero attached hydrogens (tertiary/aromatic N) is 9. The van der Waals surface area contributed by atoms with Gasteiger partial charge in [-0.15, -0.1) is 5.10 Å². The molecule has 2 saturated heterocycles. The van der Waals surface area contributed by atoms with Crippen LogP contribution in [0.4, 0.5) is 4.79 Å². The van der Waals surface area contributed by atoms with Gasteiger partial charge in [0.1, 0.15) is 12.9 Å². The summed E-state index contributed by atoms with van der Waals surface area (Å²) in [7, 11) is 0. The summed E-state index contributed by atoms with van der Waals surface area (Å²) < 4.78 is 6.54. The Hall–Kier alpha value is -3.41. The molecular formula is C20H25N9O3. The van der Waals surface area contributed by atoms with Gasteiger partial charge >= 0.3 is 12.0 Å². The molecule has 3 aliphatic rings. The first kappa shape index (κ1) is 20.5. The van der Waals surface area contributed by atoms with Crippen LogP contribution in [0.2, 0.25) is 0 Å². The van der Waals surface area contributed by atoms with Crippen LogP contribution in [0.15, 0.2) is 30.0 Å². The first-order chi connectivity index (χ1) is 15.6. The van der Waals surface area contributed by atoms with Gasteiger partial charge in [0.25, 0.3) is 0 Å². The average Bonchev–Trinajstić information content (AvgIpc) is 3.55. The molecule has 12 heteroatoms. The first-order valence-corrected chi connectivity index (χ1v) is 10.8. The average molecular weight is 439 g/mol. The highest BCUT2D eigenvalue weighted by Gasteiger charge is 2.39. The highest BCUT2D eigenvalue weighted by molar-refractivity contribution is 5.92. The Balaban J connectivity index is 1.10. The third-order valence-electron chi connectivity index (χ3n) is 6.40. The number of rotatable bonds is 6. The monoisotopic (exact) mass is 439 g/mol. The summed E-state index contributed by atoms with van der Waals surface area (Å²) in [4.78, 5) is 39.5. The number of carbonyl (C=O) groups excluding carboxylic acids is 2. The smallest absolute Gasteiger partial charge is 0.336 e. The zero-order valence-electron chi connectivity index (χ0n) is 17.9. The summed E-state index contributed by atoms with van der Waals surface area (Å²) in [5.74, 6) is 0.262. The normalized spacial score (nSPS) is 20.5. The van der Waals surface area contributed by atoms with Crippen LogP contribution in [0.25, 0.3) is 5.82 Å². The van der Waals surface area contributed by atoms with E-state index in [0.29, 0.717) is 30.2 Å². The molecule has 12 nitrogen and oxygen atoms in total. The number of cyclic esters (lactones) is 1. The standard InChI is InChI=1S/C20H25N9O3/c1-14-17(12-32-19(14)30)28-9-8-27(20(28)31)16-3-6-26(7-4-16)5-2-15-10-22-18(11-21-15)29-13-23-24-25-29/h10-11,13,16H,2-9,12H2,1H3. The van der Waals surface area contributed by atoms with E-state index in [1.165, 1.54) is 11.0 Å². The minimum absolute atomic E-state index is 0.00551. The zero-order valence-corrected chi connectivity index (χ0v) is 17.9. The highest BCUT2D eigenvalue weighted by Crippen LogP contribution is 2.27. The van der Waals surface area contributed by atoms with Crippen LogP contribution in [0.5, 0.6) is 0 Å². The number of likely N-dealkylation sites (tertiary alicyclic amines) is 1. The van der Waals surface area contributed by atoms with E-state index in [4.69, 9.17) is 4.74 Å². The maximum absolute atomic E-state index is 13.0. The molecule has 5 rings (SSSR count). The maximum Gasteiger partial charge on any atom is 0.336 e. The lowest BCUT2D eigenvalue weighted by atomic mass is 10.0. The Bertz CT molecular complexity index is 1010. The molecule has 0 unspecified atom stereocenters. The van der Waals surface area contributed by atoms with E-state index in [-0.39, 0.29) is 24.6 Å². The number of esters is 1. The third-order valence-corrected chi connectivity index (χ3v) is 6.40. The van der Waals surface area contributed by atoms with Crippen LogP contribution >= 0.6 is 0 Å². The topological polar surface area (TPSA) is 122 Å². The predicted octanol–water partition coefficient (Wildman–Crippen LogP) is 0.0276. The Morgan fingerprint density at radius 3 is 2.59 bits per heavy atom. The zero-order chi connectivity index (χ0) is 22.1. The Morgan fingerprint density at radius 2 is 1.94 bits per heavy atom. The van der Waals surface area contributed by atoms with Gasteiger partial charge in [-0.05, 0) is 30.2 Å². The van der Waals surface area contributed by atoms with Crippen molar-refractivity contribution in [1.82, 2.24) is 44.9 Å². The van der Waals surface area contributed by atoms with Crippen molar-refractivity contribution in [2.45, 2.75) is 32.2 Å². The van der Waals surface area contributed by atoms with Crippen LogP contribution in [-0.4, -0.2) is 102 Å². The fourth-order valence-corrected chi connectivity index (χ4v) is 4.48. The van der Waals surface area contributed by atoms with Crippen LogP contribution in [0.1, 0.15) is 25.5 Å². The molecule has 2 aromatic heterocycles. The van der Waals surface area contributed by atoms with Crippen LogP contribution in [0, 0.1) is 0 Å². The SMILES string of the molecule is CC1=C(N2CCN(C3CCN(CCc4cnc(-n5cnnn5)cn4)CC3)C2=O)COC1=O. The molecule has 168 valence electrons. The second-order valence-corrected chi connectivity index (χ2v) is 8.22. The van der Waals surface area contributed by atoms with Crippen molar-refractivity contribution in [3.63, 3.8) is 0 Å². The number of aromatic nitrogens is 6. The number of carbonyl (C=O) groups is 2. The van der Waals surface area contributed by atoms with E-state index in [2.05, 4.69) is 30.4 Å². The van der Waals surface area contributed by atoms with Crippen molar-refractivity contribution in [2.24, 2.45) is 0 Å². The molecule has 2 fully saturated rings. The summed E-state index contributed by atoms with van der Waals surface area (Å²) >= 11 is 0. The van der Waals surface area contributed by atoms with E-state index in [9.17, 15) is 9.59 Å². The second-order valence-electron chi connectivity index (χ2n) is 8.22. The van der Waals surface area contributed by atoms with Crippen molar-refractivity contribution >= 4 is 12.0 Å². The molecule has 0 atom stereocenters. The molecule has 0 N–H and O–H groups in total. The van der Waals surface area contributed by atoms with Crippen LogP contribution in [0.3, 0.4) is 0 Å². The number of amides is 2. The lowest BCUT2D eigenvalue weighted by molar-refractivity contribution is -0.136. The van der Waals surface area contributed by atoms with Crippen molar-refractivity contribution in [3.8, 4) is 5.82 Å². The van der Waals surface area contributed by atoms with Gasteiger partial charge in [0.2, 0.25) is 0 Å². The minimum Gasteiger partial charge on any atom is -0.456 e. The summed E-state index contributed by atoms with van der Waals surface area (Å²) in [6, 6.07) is 0.229. The molecule has 0 radical (unpaired) electrons. The number of ether oxygens (including phenoxy) is 1. The molecule has 0 spiro atoms. The largest absolute Gasteiger partial charge is 0.456 e. The number of hydrogen-bond donors (Lipinski definition) is 0. The van der Waals surface area contributed by atoms with Crippen LogP contribution in [-0.2, 0) is 16.0 Å². The molecule has 0 bridgehead atoms. The molecule has 2 amide bonds. The molecule has 2 aromatic rings. The Morgan fingerprint density at radius 1 is 1.09 bits per heavy atom. The fourth-order valence-electron chi connectivity index (χ4n) is 4.48. The lowest BCUT2D eigenvalue weighted by Gasteiger charge is -2.36. The number of hydrogen-bond acceptors (Lipinski definition) is 9. The minimum atomic E-state index is -0.325. The van der Waals surface area contributed by atoms with Crippen molar-refractivity contribution in [1.29, 1.82) is 0 Å². The van der Waals surface area contributed by atoms with Crippen molar-refractivity contribution in [3.05, 3.63) is 35.7 Å². The van der Waals surface area contributed by atoms with Gasteiger partial charge in [0.15, 0.2) is 5.82 Å². The third kappa shape index (κ3) is 3.93. The molecule has 3 aliphatic heterocycles. The maximum atomic E-state index is 13.0. The van der Waals surface area contributed by atoms with E-state index in [1.807, 2.05) is 4.90 Å². The first-order valence-electron chi connectivity index (χ1n) is 10.8. The Labute approximate surface area is 184 Å². The van der Waals surface area contributed by atoms with Gasteiger partial charge in [-0.2, -0.15) is 4.68 Å². The van der Waals surface area contributed by atoms with E-state index < -0.39 is 0 Å². The van der Waals surface area contributed by atoms with Crippen LogP contribution < -0.4 is 0 Å². The summed E-state index contributed by atoms with van der Waals surface area (Å²) in [5, 5.41) is 11.0.